The third-order valence-corrected chi connectivity index (χ3v) is 5.48. The molecular weight excluding hydrogens is 344 g/mol. The van der Waals surface area contributed by atoms with Crippen LogP contribution in [0.25, 0.3) is 16.9 Å². The monoisotopic (exact) mass is 362 g/mol. The molecule has 0 bridgehead atoms. The normalized spacial score (nSPS) is 12.2. The van der Waals surface area contributed by atoms with E-state index in [2.05, 4.69) is 9.97 Å². The predicted octanol–water partition coefficient (Wildman–Crippen LogP) is 4.29. The number of nitrogens with zero attached hydrogens (tertiary/aromatic N) is 4. The van der Waals surface area contributed by atoms with Gasteiger partial charge in [0, 0.05) is 36.1 Å². The summed E-state index contributed by atoms with van der Waals surface area (Å²) in [5, 5.41) is 0. The van der Waals surface area contributed by atoms with Crippen molar-refractivity contribution in [2.24, 2.45) is 0 Å². The minimum atomic E-state index is -0.0252. The van der Waals surface area contributed by atoms with Gasteiger partial charge in [-0.05, 0) is 19.1 Å². The topological polar surface area (TPSA) is 50.5 Å². The number of fused-ring (bicyclic) bond motifs is 1. The van der Waals surface area contributed by atoms with Crippen molar-refractivity contribution in [2.45, 2.75) is 13.0 Å². The number of rotatable bonds is 4. The summed E-state index contributed by atoms with van der Waals surface area (Å²) in [7, 11) is 1.82. The number of hydrogen-bond acceptors (Lipinski definition) is 4. The van der Waals surface area contributed by atoms with E-state index in [1.807, 2.05) is 79.4 Å². The summed E-state index contributed by atoms with van der Waals surface area (Å²) in [6, 6.07) is 13.7. The summed E-state index contributed by atoms with van der Waals surface area (Å²) >= 11 is 1.56. The van der Waals surface area contributed by atoms with Crippen molar-refractivity contribution in [3.05, 3.63) is 77.0 Å². The molecule has 130 valence electrons. The Morgan fingerprint density at radius 1 is 1.15 bits per heavy atom. The SMILES string of the molecule is C[C@H](c1cncs1)N(C)C(=O)c1ccc2nc(-c3ccccc3)cn2c1. The molecule has 0 N–H and O–H groups in total. The molecule has 0 saturated carbocycles. The van der Waals surface area contributed by atoms with Crippen LogP contribution in [-0.4, -0.2) is 32.2 Å². The molecule has 0 fully saturated rings. The number of amides is 1. The van der Waals surface area contributed by atoms with Crippen molar-refractivity contribution < 1.29 is 4.79 Å². The van der Waals surface area contributed by atoms with Crippen LogP contribution in [-0.2, 0) is 0 Å². The molecule has 1 atom stereocenters. The van der Waals surface area contributed by atoms with Gasteiger partial charge in [0.25, 0.3) is 5.91 Å². The van der Waals surface area contributed by atoms with Gasteiger partial charge in [0.2, 0.25) is 0 Å². The summed E-state index contributed by atoms with van der Waals surface area (Å²) in [4.78, 5) is 24.4. The van der Waals surface area contributed by atoms with Crippen LogP contribution in [0.1, 0.15) is 28.2 Å². The second-order valence-corrected chi connectivity index (χ2v) is 7.09. The van der Waals surface area contributed by atoms with Crippen LogP contribution in [0.3, 0.4) is 0 Å². The molecule has 1 aromatic carbocycles. The Kier molecular flexibility index (Phi) is 4.26. The van der Waals surface area contributed by atoms with Crippen LogP contribution in [0.4, 0.5) is 0 Å². The zero-order valence-corrected chi connectivity index (χ0v) is 15.4. The van der Waals surface area contributed by atoms with E-state index in [0.717, 1.165) is 21.8 Å². The van der Waals surface area contributed by atoms with Gasteiger partial charge in [0.1, 0.15) is 5.65 Å². The fourth-order valence-electron chi connectivity index (χ4n) is 2.87. The highest BCUT2D eigenvalue weighted by Crippen LogP contribution is 2.24. The van der Waals surface area contributed by atoms with Gasteiger partial charge in [0.05, 0.1) is 22.8 Å². The van der Waals surface area contributed by atoms with Crippen molar-refractivity contribution >= 4 is 22.9 Å². The highest BCUT2D eigenvalue weighted by Gasteiger charge is 2.20. The standard InChI is InChI=1S/C20H18N4OS/c1-14(18-10-21-13-26-18)23(2)20(25)16-8-9-19-22-17(12-24(19)11-16)15-6-4-3-5-7-15/h3-14H,1-2H3/t14-/m1/s1. The summed E-state index contributed by atoms with van der Waals surface area (Å²) in [5.74, 6) is -0.0252. The maximum Gasteiger partial charge on any atom is 0.255 e. The van der Waals surface area contributed by atoms with Gasteiger partial charge < -0.3 is 9.30 Å². The number of carbonyl (C=O) groups is 1. The van der Waals surface area contributed by atoms with Crippen LogP contribution < -0.4 is 0 Å². The summed E-state index contributed by atoms with van der Waals surface area (Å²) in [6.07, 6.45) is 5.60. The quantitative estimate of drug-likeness (QED) is 0.544. The van der Waals surface area contributed by atoms with Crippen molar-refractivity contribution in [3.63, 3.8) is 0 Å². The Morgan fingerprint density at radius 3 is 2.69 bits per heavy atom. The smallest absolute Gasteiger partial charge is 0.255 e. The average Bonchev–Trinajstić information content (AvgIpc) is 3.36. The molecule has 0 saturated heterocycles. The molecule has 3 aromatic heterocycles. The van der Waals surface area contributed by atoms with Gasteiger partial charge in [0.15, 0.2) is 0 Å². The van der Waals surface area contributed by atoms with E-state index in [1.54, 1.807) is 21.7 Å². The first-order valence-corrected chi connectivity index (χ1v) is 9.21. The molecule has 3 heterocycles. The van der Waals surface area contributed by atoms with Gasteiger partial charge in [-0.15, -0.1) is 11.3 Å². The molecular formula is C20H18N4OS. The third kappa shape index (κ3) is 2.99. The van der Waals surface area contributed by atoms with Gasteiger partial charge in [-0.2, -0.15) is 0 Å². The average molecular weight is 362 g/mol. The van der Waals surface area contributed by atoms with Crippen molar-refractivity contribution in [2.75, 3.05) is 7.05 Å². The zero-order valence-electron chi connectivity index (χ0n) is 14.5. The molecule has 26 heavy (non-hydrogen) atoms. The van der Waals surface area contributed by atoms with E-state index in [9.17, 15) is 4.79 Å². The predicted molar refractivity (Wildman–Crippen MR) is 103 cm³/mol. The van der Waals surface area contributed by atoms with Gasteiger partial charge in [-0.1, -0.05) is 30.3 Å². The molecule has 1 amide bonds. The Bertz CT molecular complexity index is 1040. The molecule has 0 aliphatic heterocycles. The summed E-state index contributed by atoms with van der Waals surface area (Å²) in [6.45, 7) is 2.01. The van der Waals surface area contributed by atoms with E-state index >= 15 is 0 Å². The number of pyridine rings is 1. The van der Waals surface area contributed by atoms with Gasteiger partial charge in [-0.25, -0.2) is 4.98 Å². The Balaban J connectivity index is 1.63. The molecule has 6 heteroatoms. The molecule has 5 nitrogen and oxygen atoms in total. The van der Waals surface area contributed by atoms with Crippen molar-refractivity contribution in [1.29, 1.82) is 0 Å². The number of thiazole rings is 1. The van der Waals surface area contributed by atoms with Gasteiger partial charge >= 0.3 is 0 Å². The Labute approximate surface area is 155 Å². The molecule has 0 unspecified atom stereocenters. The lowest BCUT2D eigenvalue weighted by Gasteiger charge is -2.23. The maximum atomic E-state index is 12.9. The molecule has 0 aliphatic carbocycles. The van der Waals surface area contributed by atoms with Crippen LogP contribution in [0.5, 0.6) is 0 Å². The lowest BCUT2D eigenvalue weighted by Crippen LogP contribution is -2.29. The minimum Gasteiger partial charge on any atom is -0.334 e. The minimum absolute atomic E-state index is 0.0200. The maximum absolute atomic E-state index is 12.9. The molecule has 0 spiro atoms. The third-order valence-electron chi connectivity index (χ3n) is 4.53. The van der Waals surface area contributed by atoms with Crippen LogP contribution in [0, 0.1) is 0 Å². The lowest BCUT2D eigenvalue weighted by molar-refractivity contribution is 0.0744. The zero-order chi connectivity index (χ0) is 18.1. The Morgan fingerprint density at radius 2 is 1.96 bits per heavy atom. The number of aromatic nitrogens is 3. The highest BCUT2D eigenvalue weighted by atomic mass is 32.1. The highest BCUT2D eigenvalue weighted by molar-refractivity contribution is 7.09. The molecule has 0 radical (unpaired) electrons. The number of benzene rings is 1. The molecule has 0 aliphatic rings. The largest absolute Gasteiger partial charge is 0.334 e. The van der Waals surface area contributed by atoms with E-state index in [0.29, 0.717) is 5.56 Å². The number of imidazole rings is 1. The van der Waals surface area contributed by atoms with E-state index in [-0.39, 0.29) is 11.9 Å². The van der Waals surface area contributed by atoms with E-state index in [4.69, 9.17) is 0 Å². The number of hydrogen-bond donors (Lipinski definition) is 0. The van der Waals surface area contributed by atoms with Crippen molar-refractivity contribution in [3.8, 4) is 11.3 Å². The fraction of sp³-hybridized carbons (Fsp3) is 0.150. The summed E-state index contributed by atoms with van der Waals surface area (Å²) in [5.41, 5.74) is 5.18. The fourth-order valence-corrected chi connectivity index (χ4v) is 3.59. The number of carbonyl (C=O) groups excluding carboxylic acids is 1. The van der Waals surface area contributed by atoms with E-state index in [1.165, 1.54) is 0 Å². The first-order valence-electron chi connectivity index (χ1n) is 8.33. The van der Waals surface area contributed by atoms with Crippen LogP contribution in [0.15, 0.2) is 66.6 Å². The molecule has 4 rings (SSSR count). The summed E-state index contributed by atoms with van der Waals surface area (Å²) < 4.78 is 1.90. The Hall–Kier alpha value is -2.99. The first-order chi connectivity index (χ1) is 12.6. The van der Waals surface area contributed by atoms with Gasteiger partial charge in [-0.3, -0.25) is 9.78 Å². The van der Waals surface area contributed by atoms with Crippen molar-refractivity contribution in [1.82, 2.24) is 19.3 Å². The van der Waals surface area contributed by atoms with Crippen LogP contribution >= 0.6 is 11.3 Å². The van der Waals surface area contributed by atoms with Crippen LogP contribution in [0.2, 0.25) is 0 Å². The first kappa shape index (κ1) is 16.5. The second kappa shape index (κ2) is 6.72. The second-order valence-electron chi connectivity index (χ2n) is 6.17. The van der Waals surface area contributed by atoms with E-state index < -0.39 is 0 Å². The molecule has 4 aromatic rings. The lowest BCUT2D eigenvalue weighted by atomic mass is 10.2.